The van der Waals surface area contributed by atoms with Crippen LogP contribution in [0.2, 0.25) is 5.02 Å². The van der Waals surface area contributed by atoms with Crippen LogP contribution < -0.4 is 5.32 Å². The van der Waals surface area contributed by atoms with Gasteiger partial charge in [0.1, 0.15) is 0 Å². The van der Waals surface area contributed by atoms with E-state index in [9.17, 15) is 9.90 Å². The van der Waals surface area contributed by atoms with Crippen molar-refractivity contribution in [2.45, 2.75) is 13.1 Å². The maximum Gasteiger partial charge on any atom is 0.338 e. The highest BCUT2D eigenvalue weighted by Gasteiger charge is 2.23. The third-order valence-electron chi connectivity index (χ3n) is 3.15. The van der Waals surface area contributed by atoms with E-state index in [-0.39, 0.29) is 0 Å². The lowest BCUT2D eigenvalue weighted by Gasteiger charge is -2.17. The maximum absolute atomic E-state index is 11.4. The van der Waals surface area contributed by atoms with E-state index in [1.807, 2.05) is 6.07 Å². The first-order valence-electron chi connectivity index (χ1n) is 5.43. The number of rotatable bonds is 1. The van der Waals surface area contributed by atoms with Crippen molar-refractivity contribution in [1.29, 1.82) is 0 Å². The monoisotopic (exact) mass is 250 g/mol. The Morgan fingerprint density at radius 1 is 1.47 bits per heavy atom. The zero-order valence-electron chi connectivity index (χ0n) is 9.03. The molecule has 1 aromatic heterocycles. The summed E-state index contributed by atoms with van der Waals surface area (Å²) in [6.45, 7) is 2.24. The molecule has 0 saturated carbocycles. The molecule has 0 atom stereocenters. The van der Waals surface area contributed by atoms with Gasteiger partial charge in [-0.15, -0.1) is 0 Å². The molecule has 0 radical (unpaired) electrons. The molecule has 1 aromatic carbocycles. The lowest BCUT2D eigenvalue weighted by molar-refractivity contribution is 0.0697. The zero-order chi connectivity index (χ0) is 12.0. The van der Waals surface area contributed by atoms with Gasteiger partial charge in [0.2, 0.25) is 0 Å². The van der Waals surface area contributed by atoms with Crippen LogP contribution in [-0.4, -0.2) is 22.2 Å². The second kappa shape index (κ2) is 3.75. The first-order chi connectivity index (χ1) is 8.18. The van der Waals surface area contributed by atoms with Crippen molar-refractivity contribution in [3.05, 3.63) is 34.5 Å². The van der Waals surface area contributed by atoms with Crippen molar-refractivity contribution < 1.29 is 9.90 Å². The molecule has 3 rings (SSSR count). The highest BCUT2D eigenvalue weighted by molar-refractivity contribution is 6.31. The van der Waals surface area contributed by atoms with Gasteiger partial charge in [-0.3, -0.25) is 0 Å². The standard InChI is InChI=1S/C12H11ClN2O2/c13-7-1-2-9-8(5-7)11(12(16)17)10-6-14-3-4-15(9)10/h1-2,5,14H,3-4,6H2,(H,16,17). The third kappa shape index (κ3) is 1.52. The van der Waals surface area contributed by atoms with Crippen LogP contribution in [0.5, 0.6) is 0 Å². The summed E-state index contributed by atoms with van der Waals surface area (Å²) in [6.07, 6.45) is 0. The largest absolute Gasteiger partial charge is 0.478 e. The number of hydrogen-bond acceptors (Lipinski definition) is 2. The van der Waals surface area contributed by atoms with Crippen LogP contribution in [-0.2, 0) is 13.1 Å². The van der Waals surface area contributed by atoms with Gasteiger partial charge in [-0.05, 0) is 18.2 Å². The van der Waals surface area contributed by atoms with Gasteiger partial charge in [0.15, 0.2) is 0 Å². The molecule has 1 aliphatic heterocycles. The number of hydrogen-bond donors (Lipinski definition) is 2. The van der Waals surface area contributed by atoms with Gasteiger partial charge in [0.05, 0.1) is 5.56 Å². The molecule has 0 saturated heterocycles. The molecule has 88 valence electrons. The summed E-state index contributed by atoms with van der Waals surface area (Å²) in [5, 5.41) is 13.8. The molecular formula is C12H11ClN2O2. The van der Waals surface area contributed by atoms with E-state index in [0.717, 1.165) is 29.7 Å². The first-order valence-corrected chi connectivity index (χ1v) is 5.81. The predicted octanol–water partition coefficient (Wildman–Crippen LogP) is 2.10. The number of aromatic carboxylic acids is 1. The number of carboxylic acid groups (broad SMARTS) is 1. The van der Waals surface area contributed by atoms with E-state index >= 15 is 0 Å². The summed E-state index contributed by atoms with van der Waals surface area (Å²) in [5.41, 5.74) is 2.15. The van der Waals surface area contributed by atoms with Gasteiger partial charge in [-0.25, -0.2) is 4.79 Å². The highest BCUT2D eigenvalue weighted by atomic mass is 35.5. The van der Waals surface area contributed by atoms with E-state index in [1.54, 1.807) is 12.1 Å². The Kier molecular flexibility index (Phi) is 2.34. The fourth-order valence-electron chi connectivity index (χ4n) is 2.46. The van der Waals surface area contributed by atoms with Crippen molar-refractivity contribution >= 4 is 28.5 Å². The van der Waals surface area contributed by atoms with Crippen LogP contribution in [0.15, 0.2) is 18.2 Å². The molecule has 0 aliphatic carbocycles. The summed E-state index contributed by atoms with van der Waals surface area (Å²) in [7, 11) is 0. The van der Waals surface area contributed by atoms with Crippen LogP contribution in [0.1, 0.15) is 16.1 Å². The van der Waals surface area contributed by atoms with Gasteiger partial charge >= 0.3 is 5.97 Å². The van der Waals surface area contributed by atoms with Crippen molar-refractivity contribution in [2.75, 3.05) is 6.54 Å². The van der Waals surface area contributed by atoms with Crippen LogP contribution >= 0.6 is 11.6 Å². The van der Waals surface area contributed by atoms with Crippen molar-refractivity contribution in [3.8, 4) is 0 Å². The van der Waals surface area contributed by atoms with Crippen LogP contribution in [0.25, 0.3) is 10.9 Å². The zero-order valence-corrected chi connectivity index (χ0v) is 9.79. The fraction of sp³-hybridized carbons (Fsp3) is 0.250. The average molecular weight is 251 g/mol. The van der Waals surface area contributed by atoms with Crippen molar-refractivity contribution in [3.63, 3.8) is 0 Å². The van der Waals surface area contributed by atoms with Crippen molar-refractivity contribution in [1.82, 2.24) is 9.88 Å². The maximum atomic E-state index is 11.4. The molecule has 2 aromatic rings. The second-order valence-corrected chi connectivity index (χ2v) is 4.55. The average Bonchev–Trinajstić information content (AvgIpc) is 2.62. The molecule has 2 N–H and O–H groups in total. The van der Waals surface area contributed by atoms with E-state index < -0.39 is 5.97 Å². The molecule has 0 unspecified atom stereocenters. The van der Waals surface area contributed by atoms with Gasteiger partial charge in [-0.2, -0.15) is 0 Å². The molecule has 2 heterocycles. The highest BCUT2D eigenvalue weighted by Crippen LogP contribution is 2.29. The molecule has 4 nitrogen and oxygen atoms in total. The Morgan fingerprint density at radius 2 is 2.29 bits per heavy atom. The van der Waals surface area contributed by atoms with E-state index in [1.165, 1.54) is 0 Å². The number of carboxylic acids is 1. The van der Waals surface area contributed by atoms with Gasteiger partial charge in [0, 0.05) is 41.3 Å². The van der Waals surface area contributed by atoms with Gasteiger partial charge in [-0.1, -0.05) is 11.6 Å². The van der Waals surface area contributed by atoms with E-state index in [4.69, 9.17) is 11.6 Å². The van der Waals surface area contributed by atoms with E-state index in [2.05, 4.69) is 9.88 Å². The topological polar surface area (TPSA) is 54.3 Å². The molecule has 0 bridgehead atoms. The first kappa shape index (κ1) is 10.6. The Bertz CT molecular complexity index is 618. The number of carbonyl (C=O) groups is 1. The number of benzene rings is 1. The molecule has 1 aliphatic rings. The Hall–Kier alpha value is -1.52. The minimum absolute atomic E-state index is 0.370. The van der Waals surface area contributed by atoms with Gasteiger partial charge < -0.3 is 15.0 Å². The molecular weight excluding hydrogens is 240 g/mol. The summed E-state index contributed by atoms with van der Waals surface area (Å²) in [5.74, 6) is -0.894. The molecule has 0 spiro atoms. The van der Waals surface area contributed by atoms with E-state index in [0.29, 0.717) is 17.1 Å². The molecule has 0 amide bonds. The fourth-order valence-corrected chi connectivity index (χ4v) is 2.63. The summed E-state index contributed by atoms with van der Waals surface area (Å²) < 4.78 is 2.06. The Labute approximate surface area is 103 Å². The number of nitrogens with zero attached hydrogens (tertiary/aromatic N) is 1. The lowest BCUT2D eigenvalue weighted by atomic mass is 10.1. The number of aromatic nitrogens is 1. The van der Waals surface area contributed by atoms with Gasteiger partial charge in [0.25, 0.3) is 0 Å². The number of nitrogens with one attached hydrogen (secondary N) is 1. The minimum Gasteiger partial charge on any atom is -0.478 e. The molecule has 0 fully saturated rings. The second-order valence-electron chi connectivity index (χ2n) is 4.12. The lowest BCUT2D eigenvalue weighted by Crippen LogP contribution is -2.28. The van der Waals surface area contributed by atoms with Crippen LogP contribution in [0.4, 0.5) is 0 Å². The third-order valence-corrected chi connectivity index (χ3v) is 3.39. The summed E-state index contributed by atoms with van der Waals surface area (Å²) in [4.78, 5) is 11.4. The number of halogens is 1. The normalized spacial score (nSPS) is 14.9. The minimum atomic E-state index is -0.894. The van der Waals surface area contributed by atoms with Crippen LogP contribution in [0.3, 0.4) is 0 Å². The smallest absolute Gasteiger partial charge is 0.338 e. The quantitative estimate of drug-likeness (QED) is 0.815. The molecule has 17 heavy (non-hydrogen) atoms. The SMILES string of the molecule is O=C(O)c1c2n(c3ccc(Cl)cc13)CCNC2. The Balaban J connectivity index is 2.42. The van der Waals surface area contributed by atoms with Crippen molar-refractivity contribution in [2.24, 2.45) is 0 Å². The summed E-state index contributed by atoms with van der Waals surface area (Å²) >= 11 is 5.94. The predicted molar refractivity (Wildman–Crippen MR) is 65.6 cm³/mol. The number of fused-ring (bicyclic) bond motifs is 3. The summed E-state index contributed by atoms with van der Waals surface area (Å²) in [6, 6.07) is 5.41. The Morgan fingerprint density at radius 3 is 3.06 bits per heavy atom. The molecule has 5 heteroatoms. The van der Waals surface area contributed by atoms with Crippen LogP contribution in [0, 0.1) is 0 Å².